The summed E-state index contributed by atoms with van der Waals surface area (Å²) in [4.78, 5) is 11.8. The second-order valence-corrected chi connectivity index (χ2v) is 7.64. The first-order valence-electron chi connectivity index (χ1n) is 6.65. The Labute approximate surface area is 139 Å². The molecule has 0 saturated carbocycles. The predicted molar refractivity (Wildman–Crippen MR) is 91.9 cm³/mol. The van der Waals surface area contributed by atoms with Crippen molar-refractivity contribution in [2.75, 3.05) is 0 Å². The molecular formula is C15H14INO3S. The Morgan fingerprint density at radius 1 is 1.38 bits per heavy atom. The van der Waals surface area contributed by atoms with Crippen molar-refractivity contribution in [3.05, 3.63) is 54.2 Å². The van der Waals surface area contributed by atoms with E-state index in [-0.39, 0.29) is 5.76 Å². The summed E-state index contributed by atoms with van der Waals surface area (Å²) in [5.74, 6) is -0.344. The Morgan fingerprint density at radius 2 is 2.19 bits per heavy atom. The normalized spacial score (nSPS) is 12.9. The lowest BCUT2D eigenvalue weighted by molar-refractivity contribution is 0.221. The third kappa shape index (κ3) is 2.79. The van der Waals surface area contributed by atoms with Gasteiger partial charge in [0, 0.05) is 6.54 Å². The number of halogens is 1. The van der Waals surface area contributed by atoms with E-state index in [9.17, 15) is 9.90 Å². The molecule has 21 heavy (non-hydrogen) atoms. The maximum absolute atomic E-state index is 11.8. The quantitative estimate of drug-likeness (QED) is 0.661. The highest BCUT2D eigenvalue weighted by Crippen LogP contribution is 2.29. The molecule has 2 aromatic heterocycles. The van der Waals surface area contributed by atoms with Crippen molar-refractivity contribution in [3.8, 4) is 0 Å². The zero-order chi connectivity index (χ0) is 15.0. The number of aliphatic hydroxyl groups is 1. The highest BCUT2D eigenvalue weighted by atomic mass is 127. The van der Waals surface area contributed by atoms with E-state index in [2.05, 4.69) is 22.6 Å². The van der Waals surface area contributed by atoms with Crippen LogP contribution >= 0.6 is 33.9 Å². The van der Waals surface area contributed by atoms with Gasteiger partial charge in [0.2, 0.25) is 0 Å². The number of benzene rings is 1. The molecule has 0 fully saturated rings. The zero-order valence-electron chi connectivity index (χ0n) is 11.4. The molecule has 6 heteroatoms. The molecule has 1 unspecified atom stereocenters. The highest BCUT2D eigenvalue weighted by molar-refractivity contribution is 14.1. The number of hydrogen-bond acceptors (Lipinski definition) is 4. The van der Waals surface area contributed by atoms with Crippen LogP contribution in [0, 0.1) is 2.88 Å². The van der Waals surface area contributed by atoms with Crippen LogP contribution < -0.4 is 5.76 Å². The van der Waals surface area contributed by atoms with Gasteiger partial charge in [-0.3, -0.25) is 4.57 Å². The molecule has 0 aliphatic heterocycles. The molecular weight excluding hydrogens is 401 g/mol. The van der Waals surface area contributed by atoms with Crippen LogP contribution in [0.2, 0.25) is 0 Å². The molecule has 0 aliphatic rings. The maximum Gasteiger partial charge on any atom is 0.419 e. The molecule has 3 aromatic rings. The Kier molecular flexibility index (Phi) is 4.19. The summed E-state index contributed by atoms with van der Waals surface area (Å²) < 4.78 is 8.03. The summed E-state index contributed by atoms with van der Waals surface area (Å²) >= 11 is 3.82. The van der Waals surface area contributed by atoms with E-state index >= 15 is 0 Å². The van der Waals surface area contributed by atoms with Gasteiger partial charge in [-0.2, -0.15) is 0 Å². The second kappa shape index (κ2) is 5.94. The number of aliphatic hydroxyl groups excluding tert-OH is 1. The van der Waals surface area contributed by atoms with E-state index in [4.69, 9.17) is 4.42 Å². The lowest BCUT2D eigenvalue weighted by atomic mass is 10.0. The summed E-state index contributed by atoms with van der Waals surface area (Å²) in [6, 6.07) is 7.39. The molecule has 2 heterocycles. The third-order valence-corrected chi connectivity index (χ3v) is 5.17. The summed E-state index contributed by atoms with van der Waals surface area (Å²) in [6.07, 6.45) is 0.167. The summed E-state index contributed by atoms with van der Waals surface area (Å²) in [5, 5.41) is 12.4. The minimum absolute atomic E-state index is 0.344. The molecule has 4 nitrogen and oxygen atoms in total. The van der Waals surface area contributed by atoms with Crippen molar-refractivity contribution in [3.63, 3.8) is 0 Å². The van der Waals surface area contributed by atoms with Crippen molar-refractivity contribution in [2.45, 2.75) is 26.0 Å². The van der Waals surface area contributed by atoms with E-state index in [1.54, 1.807) is 22.0 Å². The predicted octanol–water partition coefficient (Wildman–Crippen LogP) is 3.75. The van der Waals surface area contributed by atoms with Gasteiger partial charge in [-0.25, -0.2) is 4.79 Å². The van der Waals surface area contributed by atoms with Gasteiger partial charge < -0.3 is 9.52 Å². The Balaban J connectivity index is 2.03. The lowest BCUT2D eigenvalue weighted by Gasteiger charge is -2.09. The number of nitrogens with zero attached hydrogens (tertiary/aromatic N) is 1. The monoisotopic (exact) mass is 415 g/mol. The van der Waals surface area contributed by atoms with Gasteiger partial charge in [-0.15, -0.1) is 11.3 Å². The first kappa shape index (κ1) is 14.8. The average molecular weight is 415 g/mol. The molecule has 0 amide bonds. The van der Waals surface area contributed by atoms with Gasteiger partial charge in [-0.1, -0.05) is 13.0 Å². The van der Waals surface area contributed by atoms with Gasteiger partial charge in [-0.05, 0) is 63.7 Å². The van der Waals surface area contributed by atoms with E-state index in [1.165, 1.54) is 0 Å². The topological polar surface area (TPSA) is 55.4 Å². The molecule has 0 radical (unpaired) electrons. The van der Waals surface area contributed by atoms with Crippen molar-refractivity contribution in [2.24, 2.45) is 0 Å². The van der Waals surface area contributed by atoms with E-state index in [1.807, 2.05) is 30.5 Å². The standard InChI is InChI=1S/C15H14INO3S/c1-2-5-17-11-4-3-9(6-12(11)20-15(17)19)14(18)10-7-13(16)21-8-10/h3-4,6-8,14,18H,2,5H2,1H3. The van der Waals surface area contributed by atoms with E-state index < -0.39 is 6.10 Å². The highest BCUT2D eigenvalue weighted by Gasteiger charge is 2.15. The minimum atomic E-state index is -0.700. The molecule has 0 aliphatic carbocycles. The number of fused-ring (bicyclic) bond motifs is 1. The van der Waals surface area contributed by atoms with Crippen molar-refractivity contribution in [1.29, 1.82) is 0 Å². The fraction of sp³-hybridized carbons (Fsp3) is 0.267. The van der Waals surface area contributed by atoms with Crippen LogP contribution in [-0.2, 0) is 6.54 Å². The number of aromatic nitrogens is 1. The van der Waals surface area contributed by atoms with Crippen molar-refractivity contribution < 1.29 is 9.52 Å². The SMILES string of the molecule is CCCn1c(=O)oc2cc(C(O)c3csc(I)c3)ccc21. The third-order valence-electron chi connectivity index (χ3n) is 3.36. The van der Waals surface area contributed by atoms with Gasteiger partial charge in [0.25, 0.3) is 0 Å². The van der Waals surface area contributed by atoms with Gasteiger partial charge >= 0.3 is 5.76 Å². The molecule has 1 N–H and O–H groups in total. The molecule has 0 saturated heterocycles. The van der Waals surface area contributed by atoms with Gasteiger partial charge in [0.15, 0.2) is 5.58 Å². The molecule has 0 spiro atoms. The fourth-order valence-electron chi connectivity index (χ4n) is 2.35. The Hall–Kier alpha value is -1.12. The lowest BCUT2D eigenvalue weighted by Crippen LogP contribution is -2.13. The summed E-state index contributed by atoms with van der Waals surface area (Å²) in [7, 11) is 0. The molecule has 0 bridgehead atoms. The smallest absolute Gasteiger partial charge is 0.408 e. The maximum atomic E-state index is 11.8. The van der Waals surface area contributed by atoms with Crippen LogP contribution in [-0.4, -0.2) is 9.67 Å². The van der Waals surface area contributed by atoms with Gasteiger partial charge in [0.1, 0.15) is 6.10 Å². The van der Waals surface area contributed by atoms with Crippen LogP contribution in [0.1, 0.15) is 30.6 Å². The fourth-order valence-corrected chi connectivity index (χ4v) is 3.74. The zero-order valence-corrected chi connectivity index (χ0v) is 14.3. The van der Waals surface area contributed by atoms with Gasteiger partial charge in [0.05, 0.1) is 8.40 Å². The Morgan fingerprint density at radius 3 is 2.86 bits per heavy atom. The van der Waals surface area contributed by atoms with Crippen molar-refractivity contribution >= 4 is 45.0 Å². The average Bonchev–Trinajstić information content (AvgIpc) is 3.02. The number of hydrogen-bond donors (Lipinski definition) is 1. The molecule has 1 aromatic carbocycles. The molecule has 3 rings (SSSR count). The molecule has 1 atom stereocenters. The Bertz CT molecular complexity index is 833. The number of oxazole rings is 1. The number of aryl methyl sites for hydroxylation is 1. The summed E-state index contributed by atoms with van der Waals surface area (Å²) in [6.45, 7) is 2.65. The van der Waals surface area contributed by atoms with E-state index in [0.717, 1.165) is 25.9 Å². The van der Waals surface area contributed by atoms with Crippen LogP contribution in [0.4, 0.5) is 0 Å². The van der Waals surface area contributed by atoms with E-state index in [0.29, 0.717) is 12.1 Å². The second-order valence-electron chi connectivity index (χ2n) is 4.83. The van der Waals surface area contributed by atoms with Crippen LogP contribution in [0.3, 0.4) is 0 Å². The minimum Gasteiger partial charge on any atom is -0.408 e. The van der Waals surface area contributed by atoms with Crippen LogP contribution in [0.25, 0.3) is 11.1 Å². The summed E-state index contributed by atoms with van der Waals surface area (Å²) in [5.41, 5.74) is 2.89. The first-order chi connectivity index (χ1) is 10.1. The first-order valence-corrected chi connectivity index (χ1v) is 8.61. The largest absolute Gasteiger partial charge is 0.419 e. The number of thiophene rings is 1. The van der Waals surface area contributed by atoms with Crippen LogP contribution in [0.5, 0.6) is 0 Å². The number of rotatable bonds is 4. The molecule has 110 valence electrons. The van der Waals surface area contributed by atoms with Crippen LogP contribution in [0.15, 0.2) is 38.9 Å². The van der Waals surface area contributed by atoms with Crippen molar-refractivity contribution in [1.82, 2.24) is 4.57 Å².